The number of allylic oxidation sites excluding steroid dienone is 1. The molecule has 2 heterocycles. The van der Waals surface area contributed by atoms with Gasteiger partial charge in [-0.1, -0.05) is 12.2 Å². The lowest BCUT2D eigenvalue weighted by atomic mass is 9.94. The Morgan fingerprint density at radius 1 is 1.10 bits per heavy atom. The number of sulfonamides is 1. The number of primary sulfonamides is 1. The molecule has 2 aromatic rings. The van der Waals surface area contributed by atoms with Crippen molar-refractivity contribution in [2.75, 3.05) is 18.8 Å². The summed E-state index contributed by atoms with van der Waals surface area (Å²) in [6.45, 7) is 1.32. The van der Waals surface area contributed by atoms with Crippen molar-refractivity contribution in [2.24, 2.45) is 11.1 Å². The normalized spacial score (nSPS) is 20.3. The van der Waals surface area contributed by atoms with Gasteiger partial charge in [0, 0.05) is 41.2 Å². The third-order valence-corrected chi connectivity index (χ3v) is 9.46. The molecule has 1 aliphatic heterocycles. The van der Waals surface area contributed by atoms with Gasteiger partial charge in [-0.15, -0.1) is 11.8 Å². The minimum Gasteiger partial charge on any atom is -0.339 e. The number of thioether (sulfide) groups is 1. The van der Waals surface area contributed by atoms with Crippen LogP contribution < -0.4 is 10.0 Å². The summed E-state index contributed by atoms with van der Waals surface area (Å²) in [6.07, 6.45) is 11.7. The Kier molecular flexibility index (Phi) is 8.90. The molecule has 2 aliphatic carbocycles. The molecule has 1 saturated carbocycles. The van der Waals surface area contributed by atoms with Gasteiger partial charge in [-0.05, 0) is 87.3 Å². The zero-order valence-electron chi connectivity index (χ0n) is 21.8. The highest BCUT2D eigenvalue weighted by molar-refractivity contribution is 7.99. The van der Waals surface area contributed by atoms with E-state index >= 15 is 0 Å². The van der Waals surface area contributed by atoms with Gasteiger partial charge in [0.15, 0.2) is 0 Å². The van der Waals surface area contributed by atoms with Crippen LogP contribution in [0.25, 0.3) is 0 Å². The SMILES string of the molecule is NS(=O)(=O)c1ccc(SCCC2CCN(C(=O)c3cc(OOC4CC=CCC4)nc(C4CC4)c3)CC2)c(F)c1. The molecular weight excluding hydrogens is 541 g/mol. The van der Waals surface area contributed by atoms with E-state index in [9.17, 15) is 17.6 Å². The van der Waals surface area contributed by atoms with Crippen LogP contribution >= 0.6 is 11.8 Å². The lowest BCUT2D eigenvalue weighted by Crippen LogP contribution is -2.38. The number of benzene rings is 1. The van der Waals surface area contributed by atoms with E-state index in [2.05, 4.69) is 17.1 Å². The van der Waals surface area contributed by atoms with Crippen LogP contribution in [0.3, 0.4) is 0 Å². The zero-order chi connectivity index (χ0) is 27.4. The van der Waals surface area contributed by atoms with Crippen molar-refractivity contribution in [3.8, 4) is 5.88 Å². The number of rotatable bonds is 10. The Balaban J connectivity index is 1.12. The topological polar surface area (TPSA) is 112 Å². The molecule has 3 aliphatic rings. The summed E-state index contributed by atoms with van der Waals surface area (Å²) in [7, 11) is -3.93. The smallest absolute Gasteiger partial charge is 0.257 e. The van der Waals surface area contributed by atoms with Crippen LogP contribution in [0.2, 0.25) is 0 Å². The fourth-order valence-corrected chi connectivity index (χ4v) is 6.53. The molecule has 210 valence electrons. The van der Waals surface area contributed by atoms with E-state index in [-0.39, 0.29) is 16.9 Å². The highest BCUT2D eigenvalue weighted by Gasteiger charge is 2.29. The summed E-state index contributed by atoms with van der Waals surface area (Å²) >= 11 is 1.36. The largest absolute Gasteiger partial charge is 0.339 e. The number of carbonyl (C=O) groups excluding carboxylic acids is 1. The molecule has 1 saturated heterocycles. The molecule has 1 atom stereocenters. The van der Waals surface area contributed by atoms with Crippen molar-refractivity contribution >= 4 is 27.7 Å². The van der Waals surface area contributed by atoms with Gasteiger partial charge in [-0.2, -0.15) is 4.89 Å². The summed E-state index contributed by atoms with van der Waals surface area (Å²) in [4.78, 5) is 31.3. The maximum atomic E-state index is 14.3. The average Bonchev–Trinajstić information content (AvgIpc) is 3.78. The Hall–Kier alpha value is -2.47. The van der Waals surface area contributed by atoms with E-state index in [1.807, 2.05) is 11.0 Å². The summed E-state index contributed by atoms with van der Waals surface area (Å²) in [5.74, 6) is 1.25. The average molecular weight is 576 g/mol. The molecule has 0 radical (unpaired) electrons. The number of aromatic nitrogens is 1. The van der Waals surface area contributed by atoms with E-state index in [1.54, 1.807) is 6.07 Å². The number of pyridine rings is 1. The zero-order valence-corrected chi connectivity index (χ0v) is 23.4. The van der Waals surface area contributed by atoms with E-state index in [0.29, 0.717) is 47.0 Å². The van der Waals surface area contributed by atoms with Crippen LogP contribution in [0.15, 0.2) is 52.3 Å². The molecule has 1 aromatic heterocycles. The quantitative estimate of drug-likeness (QED) is 0.179. The molecule has 2 N–H and O–H groups in total. The van der Waals surface area contributed by atoms with Crippen LogP contribution in [0, 0.1) is 11.7 Å². The van der Waals surface area contributed by atoms with Crippen LogP contribution in [0.1, 0.15) is 73.3 Å². The number of hydrogen-bond donors (Lipinski definition) is 1. The highest BCUT2D eigenvalue weighted by atomic mass is 32.2. The van der Waals surface area contributed by atoms with Crippen LogP contribution in [0.4, 0.5) is 4.39 Å². The monoisotopic (exact) mass is 575 g/mol. The molecule has 0 bridgehead atoms. The number of halogens is 1. The van der Waals surface area contributed by atoms with Gasteiger partial charge >= 0.3 is 0 Å². The molecule has 8 nitrogen and oxygen atoms in total. The first kappa shape index (κ1) is 28.1. The number of carbonyl (C=O) groups is 1. The standard InChI is InChI=1S/C28H34FN3O5S2/c29-24-18-23(39(30,34)35)8-9-26(24)38-15-12-19-10-13-32(14-11-19)28(33)21-16-25(20-6-7-20)31-27(17-21)37-36-22-4-2-1-3-5-22/h1-2,8-9,16-20,22H,3-7,10-15H2,(H2,30,34,35). The van der Waals surface area contributed by atoms with Crippen molar-refractivity contribution in [3.05, 3.63) is 59.6 Å². The fourth-order valence-electron chi connectivity index (χ4n) is 4.97. The third kappa shape index (κ3) is 7.59. The predicted octanol–water partition coefficient (Wildman–Crippen LogP) is 5.20. The second-order valence-electron chi connectivity index (χ2n) is 10.5. The Morgan fingerprint density at radius 2 is 1.90 bits per heavy atom. The van der Waals surface area contributed by atoms with E-state index in [1.165, 1.54) is 23.9 Å². The van der Waals surface area contributed by atoms with Gasteiger partial charge < -0.3 is 9.79 Å². The van der Waals surface area contributed by atoms with Crippen LogP contribution in [0.5, 0.6) is 5.88 Å². The summed E-state index contributed by atoms with van der Waals surface area (Å²) < 4.78 is 37.1. The lowest BCUT2D eigenvalue weighted by molar-refractivity contribution is -0.248. The third-order valence-electron chi connectivity index (χ3n) is 7.47. The molecule has 1 unspecified atom stereocenters. The second kappa shape index (κ2) is 12.4. The van der Waals surface area contributed by atoms with E-state index < -0.39 is 15.8 Å². The highest BCUT2D eigenvalue weighted by Crippen LogP contribution is 2.40. The number of likely N-dealkylation sites (tertiary alicyclic amines) is 1. The fraction of sp³-hybridized carbons (Fsp3) is 0.500. The van der Waals surface area contributed by atoms with Crippen molar-refractivity contribution < 1.29 is 27.4 Å². The number of nitrogens with zero attached hydrogens (tertiary/aromatic N) is 2. The van der Waals surface area contributed by atoms with Crippen LogP contribution in [-0.4, -0.2) is 49.2 Å². The van der Waals surface area contributed by atoms with Crippen molar-refractivity contribution in [1.82, 2.24) is 9.88 Å². The van der Waals surface area contributed by atoms with E-state index in [0.717, 1.165) is 63.1 Å². The van der Waals surface area contributed by atoms with Crippen LogP contribution in [-0.2, 0) is 14.9 Å². The van der Waals surface area contributed by atoms with Gasteiger partial charge in [0.1, 0.15) is 11.9 Å². The molecule has 11 heteroatoms. The van der Waals surface area contributed by atoms with Gasteiger partial charge in [-0.3, -0.25) is 4.79 Å². The summed E-state index contributed by atoms with van der Waals surface area (Å²) in [5, 5.41) is 5.07. The maximum Gasteiger partial charge on any atom is 0.257 e. The number of piperidine rings is 1. The van der Waals surface area contributed by atoms with Gasteiger partial charge in [-0.25, -0.2) is 22.9 Å². The van der Waals surface area contributed by atoms with Gasteiger partial charge in [0.05, 0.1) is 4.90 Å². The molecule has 1 amide bonds. The second-order valence-corrected chi connectivity index (χ2v) is 13.2. The van der Waals surface area contributed by atoms with Gasteiger partial charge in [0.25, 0.3) is 11.8 Å². The van der Waals surface area contributed by atoms with Gasteiger partial charge in [0.2, 0.25) is 10.0 Å². The molecule has 1 aromatic carbocycles. The molecular formula is C28H34FN3O5S2. The molecule has 5 rings (SSSR count). The number of nitrogens with two attached hydrogens (primary N) is 1. The molecule has 2 fully saturated rings. The van der Waals surface area contributed by atoms with E-state index in [4.69, 9.17) is 14.9 Å². The Labute approximate surface area is 233 Å². The Bertz CT molecular complexity index is 1320. The summed E-state index contributed by atoms with van der Waals surface area (Å²) in [6, 6.07) is 7.33. The maximum absolute atomic E-state index is 14.3. The molecule has 0 spiro atoms. The molecule has 39 heavy (non-hydrogen) atoms. The lowest BCUT2D eigenvalue weighted by Gasteiger charge is -2.32. The number of amides is 1. The number of hydrogen-bond acceptors (Lipinski definition) is 7. The van der Waals surface area contributed by atoms with Crippen molar-refractivity contribution in [1.29, 1.82) is 0 Å². The van der Waals surface area contributed by atoms with Crippen molar-refractivity contribution in [3.63, 3.8) is 0 Å². The first-order valence-corrected chi connectivity index (χ1v) is 16.0. The van der Waals surface area contributed by atoms with Crippen molar-refractivity contribution in [2.45, 2.75) is 73.2 Å². The Morgan fingerprint density at radius 3 is 2.56 bits per heavy atom. The summed E-state index contributed by atoms with van der Waals surface area (Å²) in [5.41, 5.74) is 1.47. The first-order valence-electron chi connectivity index (χ1n) is 13.5. The minimum atomic E-state index is -3.93. The minimum absolute atomic E-state index is 0.00401. The first-order chi connectivity index (χ1) is 18.8. The predicted molar refractivity (Wildman–Crippen MR) is 146 cm³/mol.